The first-order valence-corrected chi connectivity index (χ1v) is 8.63. The molecule has 0 saturated carbocycles. The van der Waals surface area contributed by atoms with Crippen molar-refractivity contribution in [1.29, 1.82) is 0 Å². The third kappa shape index (κ3) is 10.9. The van der Waals surface area contributed by atoms with Gasteiger partial charge in [0.15, 0.2) is 5.96 Å². The second-order valence-electron chi connectivity index (χ2n) is 6.15. The normalized spacial score (nSPS) is 19.9. The van der Waals surface area contributed by atoms with Gasteiger partial charge in [-0.05, 0) is 26.2 Å². The lowest BCUT2D eigenvalue weighted by Gasteiger charge is -2.33. The first kappa shape index (κ1) is 22.7. The van der Waals surface area contributed by atoms with E-state index in [0.29, 0.717) is 12.5 Å². The first-order valence-electron chi connectivity index (χ1n) is 8.63. The van der Waals surface area contributed by atoms with Crippen molar-refractivity contribution in [3.8, 4) is 0 Å². The van der Waals surface area contributed by atoms with Crippen LogP contribution in [0.5, 0.6) is 0 Å². The van der Waals surface area contributed by atoms with Crippen LogP contribution in [0.3, 0.4) is 0 Å². The Morgan fingerprint density at radius 3 is 2.83 bits per heavy atom. The molecule has 0 spiro atoms. The third-order valence-corrected chi connectivity index (χ3v) is 3.48. The molecule has 0 aromatic carbocycles. The van der Waals surface area contributed by atoms with Crippen molar-refractivity contribution in [3.63, 3.8) is 0 Å². The maximum atomic E-state index is 5.85. The van der Waals surface area contributed by atoms with Crippen LogP contribution in [0.15, 0.2) is 17.1 Å². The molecule has 23 heavy (non-hydrogen) atoms. The molecular weight excluding hydrogens is 403 g/mol. The Hall–Kier alpha value is -0.340. The van der Waals surface area contributed by atoms with Gasteiger partial charge in [0.05, 0.1) is 19.3 Å². The van der Waals surface area contributed by atoms with Crippen molar-refractivity contribution in [1.82, 2.24) is 15.5 Å². The number of ether oxygens (including phenoxy) is 1. The Morgan fingerprint density at radius 2 is 2.17 bits per heavy atom. The third-order valence-electron chi connectivity index (χ3n) is 3.48. The number of aliphatic imine (C=N–C) groups is 1. The van der Waals surface area contributed by atoms with Gasteiger partial charge in [-0.15, -0.1) is 24.0 Å². The van der Waals surface area contributed by atoms with Gasteiger partial charge in [-0.1, -0.05) is 26.0 Å². The number of nitrogens with one attached hydrogen (secondary N) is 2. The van der Waals surface area contributed by atoms with Gasteiger partial charge in [0.25, 0.3) is 0 Å². The van der Waals surface area contributed by atoms with Gasteiger partial charge in [0.1, 0.15) is 0 Å². The second kappa shape index (κ2) is 14.0. The molecule has 1 aliphatic heterocycles. The molecule has 1 saturated heterocycles. The minimum absolute atomic E-state index is 0. The summed E-state index contributed by atoms with van der Waals surface area (Å²) in [5, 5.41) is 6.65. The monoisotopic (exact) mass is 438 g/mol. The van der Waals surface area contributed by atoms with Crippen molar-refractivity contribution >= 4 is 29.9 Å². The Morgan fingerprint density at radius 1 is 1.39 bits per heavy atom. The van der Waals surface area contributed by atoms with Crippen LogP contribution in [-0.2, 0) is 4.74 Å². The smallest absolute Gasteiger partial charge is 0.191 e. The highest BCUT2D eigenvalue weighted by Gasteiger charge is 2.20. The Kier molecular flexibility index (Phi) is 13.8. The molecule has 1 heterocycles. The summed E-state index contributed by atoms with van der Waals surface area (Å²) in [6, 6.07) is 0. The van der Waals surface area contributed by atoms with E-state index < -0.39 is 0 Å². The topological polar surface area (TPSA) is 48.9 Å². The van der Waals surface area contributed by atoms with Gasteiger partial charge >= 0.3 is 0 Å². The summed E-state index contributed by atoms with van der Waals surface area (Å²) >= 11 is 0. The van der Waals surface area contributed by atoms with E-state index in [1.807, 2.05) is 6.92 Å². The van der Waals surface area contributed by atoms with E-state index in [1.165, 1.54) is 0 Å². The van der Waals surface area contributed by atoms with E-state index in [-0.39, 0.29) is 30.1 Å². The zero-order valence-corrected chi connectivity index (χ0v) is 17.5. The van der Waals surface area contributed by atoms with Crippen molar-refractivity contribution in [3.05, 3.63) is 12.2 Å². The summed E-state index contributed by atoms with van der Waals surface area (Å²) in [4.78, 5) is 7.15. The van der Waals surface area contributed by atoms with Crippen LogP contribution in [0.4, 0.5) is 0 Å². The molecule has 136 valence electrons. The molecule has 2 N–H and O–H groups in total. The molecule has 1 unspecified atom stereocenters. The van der Waals surface area contributed by atoms with Crippen LogP contribution in [0.25, 0.3) is 0 Å². The minimum atomic E-state index is 0. The number of rotatable bonds is 8. The molecule has 1 fully saturated rings. The lowest BCUT2D eigenvalue weighted by Crippen LogP contribution is -2.46. The number of allylic oxidation sites excluding steroid dienone is 1. The van der Waals surface area contributed by atoms with Gasteiger partial charge in [-0.25, -0.2) is 0 Å². The molecule has 6 heteroatoms. The van der Waals surface area contributed by atoms with E-state index in [1.54, 1.807) is 0 Å². The molecule has 5 nitrogen and oxygen atoms in total. The van der Waals surface area contributed by atoms with E-state index in [2.05, 4.69) is 53.4 Å². The fourth-order valence-electron chi connectivity index (χ4n) is 2.55. The van der Waals surface area contributed by atoms with Crippen LogP contribution >= 0.6 is 24.0 Å². The molecule has 1 aliphatic rings. The predicted octanol–water partition coefficient (Wildman–Crippen LogP) is 2.48. The fourth-order valence-corrected chi connectivity index (χ4v) is 2.55. The number of guanidine groups is 1. The zero-order chi connectivity index (χ0) is 16.2. The lowest BCUT2D eigenvalue weighted by atomic mass is 10.2. The fraction of sp³-hybridized carbons (Fsp3) is 0.824. The molecular formula is C17H35IN4O. The van der Waals surface area contributed by atoms with Gasteiger partial charge in [-0.2, -0.15) is 0 Å². The summed E-state index contributed by atoms with van der Waals surface area (Å²) in [5.74, 6) is 1.59. The Balaban J connectivity index is 0.00000484. The highest BCUT2D eigenvalue weighted by atomic mass is 127. The van der Waals surface area contributed by atoms with E-state index in [4.69, 9.17) is 4.74 Å². The number of nitrogens with zero attached hydrogens (tertiary/aromatic N) is 2. The molecule has 0 amide bonds. The summed E-state index contributed by atoms with van der Waals surface area (Å²) in [6.45, 7) is 15.1. The van der Waals surface area contributed by atoms with Crippen LogP contribution in [0.2, 0.25) is 0 Å². The van der Waals surface area contributed by atoms with Crippen molar-refractivity contribution < 1.29 is 4.74 Å². The van der Waals surface area contributed by atoms with Gasteiger partial charge in [-0.3, -0.25) is 9.89 Å². The molecule has 1 atom stereocenters. The highest BCUT2D eigenvalue weighted by Crippen LogP contribution is 2.08. The summed E-state index contributed by atoms with van der Waals surface area (Å²) in [5.41, 5.74) is 0. The summed E-state index contributed by atoms with van der Waals surface area (Å²) < 4.78 is 5.85. The minimum Gasteiger partial charge on any atom is -0.374 e. The molecule has 0 bridgehead atoms. The van der Waals surface area contributed by atoms with Gasteiger partial charge in [0, 0.05) is 32.7 Å². The number of halogens is 1. The SMILES string of the molecule is CC=CCCNC(=NCC1CN(CC(C)C)CCO1)NCC.I. The van der Waals surface area contributed by atoms with Gasteiger partial charge < -0.3 is 15.4 Å². The summed E-state index contributed by atoms with van der Waals surface area (Å²) in [7, 11) is 0. The van der Waals surface area contributed by atoms with Crippen LogP contribution < -0.4 is 10.6 Å². The quantitative estimate of drug-likeness (QED) is 0.201. The first-order chi connectivity index (χ1) is 10.7. The molecule has 0 aromatic heterocycles. The van der Waals surface area contributed by atoms with Crippen LogP contribution in [0, 0.1) is 5.92 Å². The molecule has 0 radical (unpaired) electrons. The zero-order valence-electron chi connectivity index (χ0n) is 15.2. The van der Waals surface area contributed by atoms with E-state index >= 15 is 0 Å². The molecule has 0 aliphatic carbocycles. The summed E-state index contributed by atoms with van der Waals surface area (Å²) in [6.07, 6.45) is 5.46. The van der Waals surface area contributed by atoms with E-state index in [9.17, 15) is 0 Å². The predicted molar refractivity (Wildman–Crippen MR) is 110 cm³/mol. The maximum absolute atomic E-state index is 5.85. The average molecular weight is 438 g/mol. The van der Waals surface area contributed by atoms with E-state index in [0.717, 1.165) is 51.7 Å². The highest BCUT2D eigenvalue weighted by molar-refractivity contribution is 14.0. The Bertz CT molecular complexity index is 347. The van der Waals surface area contributed by atoms with Crippen LogP contribution in [0.1, 0.15) is 34.1 Å². The lowest BCUT2D eigenvalue weighted by molar-refractivity contribution is -0.0261. The number of morpholine rings is 1. The van der Waals surface area contributed by atoms with Crippen molar-refractivity contribution in [2.24, 2.45) is 10.9 Å². The Labute approximate surface area is 159 Å². The number of hydrogen-bond donors (Lipinski definition) is 2. The van der Waals surface area contributed by atoms with Crippen LogP contribution in [-0.4, -0.2) is 62.8 Å². The second-order valence-corrected chi connectivity index (χ2v) is 6.15. The maximum Gasteiger partial charge on any atom is 0.191 e. The average Bonchev–Trinajstić information content (AvgIpc) is 2.49. The molecule has 1 rings (SSSR count). The number of hydrogen-bond acceptors (Lipinski definition) is 3. The van der Waals surface area contributed by atoms with Crippen molar-refractivity contribution in [2.45, 2.75) is 40.2 Å². The molecule has 0 aromatic rings. The van der Waals surface area contributed by atoms with Crippen molar-refractivity contribution in [2.75, 3.05) is 45.9 Å². The standard InChI is InChI=1S/C17H34N4O.HI/c1-5-7-8-9-19-17(18-6-2)20-12-16-14-21(10-11-22-16)13-15(3)4;/h5,7,15-16H,6,8-14H2,1-4H3,(H2,18,19,20);1H. The largest absolute Gasteiger partial charge is 0.374 e. The van der Waals surface area contributed by atoms with Gasteiger partial charge in [0.2, 0.25) is 0 Å².